The Balaban J connectivity index is 3.59. The molecule has 0 aromatic carbocycles. The van der Waals surface area contributed by atoms with Crippen LogP contribution in [-0.2, 0) is 10.1 Å². The number of unbranched alkanes of at least 4 members (excludes halogenated alkanes) is 7. The normalized spacial score (nSPS) is 12.2. The predicted octanol–water partition coefficient (Wildman–Crippen LogP) is 2.27. The molecule has 0 saturated carbocycles. The summed E-state index contributed by atoms with van der Waals surface area (Å²) in [4.78, 5) is 1.58. The molecule has 0 saturated heterocycles. The molecular formula is C13H29NO4S. The first-order valence-electron chi connectivity index (χ1n) is 7.28. The minimum atomic E-state index is -3.99. The molecular weight excluding hydrogens is 266 g/mol. The van der Waals surface area contributed by atoms with Crippen molar-refractivity contribution in [3.05, 3.63) is 0 Å². The van der Waals surface area contributed by atoms with Gasteiger partial charge in [-0.2, -0.15) is 8.42 Å². The van der Waals surface area contributed by atoms with Gasteiger partial charge in [-0.1, -0.05) is 51.9 Å². The van der Waals surface area contributed by atoms with Crippen LogP contribution in [0.2, 0.25) is 0 Å². The van der Waals surface area contributed by atoms with Gasteiger partial charge < -0.3 is 5.11 Å². The lowest BCUT2D eigenvalue weighted by Gasteiger charge is -2.19. The average Bonchev–Trinajstić information content (AvgIpc) is 2.31. The number of hydrogen-bond acceptors (Lipinski definition) is 4. The molecule has 0 aromatic rings. The van der Waals surface area contributed by atoms with Gasteiger partial charge in [-0.05, 0) is 13.0 Å². The summed E-state index contributed by atoms with van der Waals surface area (Å²) in [6.45, 7) is 3.00. The summed E-state index contributed by atoms with van der Waals surface area (Å²) >= 11 is 0. The Labute approximate surface area is 117 Å². The molecule has 6 heteroatoms. The van der Waals surface area contributed by atoms with Crippen molar-refractivity contribution in [2.24, 2.45) is 0 Å². The van der Waals surface area contributed by atoms with Crippen LogP contribution in [0.5, 0.6) is 0 Å². The highest BCUT2D eigenvalue weighted by molar-refractivity contribution is 7.85. The van der Waals surface area contributed by atoms with Crippen molar-refractivity contribution in [1.29, 1.82) is 0 Å². The van der Waals surface area contributed by atoms with E-state index in [-0.39, 0.29) is 19.0 Å². The van der Waals surface area contributed by atoms with Crippen LogP contribution in [-0.4, -0.2) is 48.6 Å². The Morgan fingerprint density at radius 3 is 1.89 bits per heavy atom. The van der Waals surface area contributed by atoms with E-state index in [4.69, 9.17) is 9.66 Å². The van der Waals surface area contributed by atoms with Gasteiger partial charge in [-0.15, -0.1) is 0 Å². The average molecular weight is 295 g/mol. The first-order valence-corrected chi connectivity index (χ1v) is 8.89. The molecule has 0 aliphatic rings. The summed E-state index contributed by atoms with van der Waals surface area (Å²) in [6.07, 6.45) is 9.52. The lowest BCUT2D eigenvalue weighted by molar-refractivity contribution is 0.208. The molecule has 0 heterocycles. The largest absolute Gasteiger partial charge is 0.395 e. The van der Waals surface area contributed by atoms with Crippen LogP contribution in [0.25, 0.3) is 0 Å². The maximum atomic E-state index is 10.8. The first-order chi connectivity index (χ1) is 8.99. The molecule has 0 rings (SSSR count). The van der Waals surface area contributed by atoms with Gasteiger partial charge in [0.05, 0.1) is 6.61 Å². The highest BCUT2D eigenvalue weighted by atomic mass is 32.2. The van der Waals surface area contributed by atoms with Gasteiger partial charge in [0, 0.05) is 6.54 Å². The Morgan fingerprint density at radius 1 is 0.895 bits per heavy atom. The number of aliphatic hydroxyl groups is 1. The van der Waals surface area contributed by atoms with Crippen LogP contribution >= 0.6 is 0 Å². The van der Waals surface area contributed by atoms with Crippen LogP contribution in [0.1, 0.15) is 58.3 Å². The highest BCUT2D eigenvalue weighted by Crippen LogP contribution is 2.09. The molecule has 0 unspecified atom stereocenters. The van der Waals surface area contributed by atoms with Crippen LogP contribution in [0.15, 0.2) is 0 Å². The van der Waals surface area contributed by atoms with Crippen molar-refractivity contribution < 1.29 is 18.1 Å². The summed E-state index contributed by atoms with van der Waals surface area (Å²) in [5, 5.41) is 8.84. The summed E-state index contributed by atoms with van der Waals surface area (Å²) < 4.78 is 30.4. The Bertz CT molecular complexity index is 293. The van der Waals surface area contributed by atoms with Crippen molar-refractivity contribution in [1.82, 2.24) is 4.90 Å². The zero-order chi connectivity index (χ0) is 14.6. The van der Waals surface area contributed by atoms with Gasteiger partial charge in [-0.25, -0.2) is 0 Å². The van der Waals surface area contributed by atoms with E-state index in [9.17, 15) is 8.42 Å². The molecule has 0 aromatic heterocycles. The van der Waals surface area contributed by atoms with E-state index in [1.165, 1.54) is 38.5 Å². The molecule has 19 heavy (non-hydrogen) atoms. The molecule has 0 bridgehead atoms. The maximum Gasteiger partial charge on any atom is 0.278 e. The Hall–Kier alpha value is -0.170. The third-order valence-electron chi connectivity index (χ3n) is 3.09. The van der Waals surface area contributed by atoms with Crippen molar-refractivity contribution in [2.45, 2.75) is 58.3 Å². The molecule has 0 amide bonds. The molecule has 116 valence electrons. The minimum absolute atomic E-state index is 0.0907. The molecule has 0 atom stereocenters. The smallest absolute Gasteiger partial charge is 0.278 e. The molecule has 0 aliphatic carbocycles. The van der Waals surface area contributed by atoms with E-state index in [0.717, 1.165) is 12.8 Å². The second-order valence-corrected chi connectivity index (χ2v) is 6.45. The van der Waals surface area contributed by atoms with Crippen molar-refractivity contribution in [3.8, 4) is 0 Å². The summed E-state index contributed by atoms with van der Waals surface area (Å²) in [6, 6.07) is 0. The van der Waals surface area contributed by atoms with Gasteiger partial charge in [0.15, 0.2) is 0 Å². The maximum absolute atomic E-state index is 10.8. The summed E-state index contributed by atoms with van der Waals surface area (Å²) in [5.74, 6) is -0.385. The molecule has 2 N–H and O–H groups in total. The van der Waals surface area contributed by atoms with Crippen LogP contribution in [0.3, 0.4) is 0 Å². The van der Waals surface area contributed by atoms with E-state index >= 15 is 0 Å². The monoisotopic (exact) mass is 295 g/mol. The third-order valence-corrected chi connectivity index (χ3v) is 3.78. The summed E-state index contributed by atoms with van der Waals surface area (Å²) in [5.41, 5.74) is 0. The fourth-order valence-electron chi connectivity index (χ4n) is 2.08. The topological polar surface area (TPSA) is 77.8 Å². The van der Waals surface area contributed by atoms with Gasteiger partial charge in [0.1, 0.15) is 5.88 Å². The number of hydrogen-bond donors (Lipinski definition) is 2. The lowest BCUT2D eigenvalue weighted by atomic mass is 10.1. The van der Waals surface area contributed by atoms with Gasteiger partial charge >= 0.3 is 0 Å². The molecule has 0 radical (unpaired) electrons. The Kier molecular flexibility index (Phi) is 11.5. The van der Waals surface area contributed by atoms with Crippen LogP contribution in [0, 0.1) is 0 Å². The van der Waals surface area contributed by atoms with E-state index in [1.54, 1.807) is 4.90 Å². The van der Waals surface area contributed by atoms with Crippen molar-refractivity contribution >= 4 is 10.1 Å². The van der Waals surface area contributed by atoms with E-state index in [2.05, 4.69) is 6.92 Å². The van der Waals surface area contributed by atoms with Crippen molar-refractivity contribution in [2.75, 3.05) is 25.6 Å². The fraction of sp³-hybridized carbons (Fsp3) is 1.00. The van der Waals surface area contributed by atoms with Gasteiger partial charge in [0.25, 0.3) is 10.1 Å². The molecule has 5 nitrogen and oxygen atoms in total. The summed E-state index contributed by atoms with van der Waals surface area (Å²) in [7, 11) is -3.99. The molecule has 0 spiro atoms. The van der Waals surface area contributed by atoms with Crippen LogP contribution in [0.4, 0.5) is 0 Å². The first kappa shape index (κ1) is 18.8. The predicted molar refractivity (Wildman–Crippen MR) is 77.7 cm³/mol. The minimum Gasteiger partial charge on any atom is -0.395 e. The highest BCUT2D eigenvalue weighted by Gasteiger charge is 2.12. The standard InChI is InChI=1S/C13H29NO4S/c1-2-3-4-5-6-7-8-9-10-14(11-12-15)13-19(16,17)18/h15H,2-13H2,1H3,(H,16,17,18). The van der Waals surface area contributed by atoms with E-state index in [0.29, 0.717) is 6.54 Å². The van der Waals surface area contributed by atoms with E-state index < -0.39 is 10.1 Å². The lowest BCUT2D eigenvalue weighted by Crippen LogP contribution is -2.33. The van der Waals surface area contributed by atoms with Gasteiger partial charge in [0.2, 0.25) is 0 Å². The molecule has 0 fully saturated rings. The van der Waals surface area contributed by atoms with Crippen LogP contribution < -0.4 is 0 Å². The zero-order valence-electron chi connectivity index (χ0n) is 12.1. The molecule has 0 aliphatic heterocycles. The van der Waals surface area contributed by atoms with E-state index in [1.807, 2.05) is 0 Å². The zero-order valence-corrected chi connectivity index (χ0v) is 12.9. The number of nitrogens with zero attached hydrogens (tertiary/aromatic N) is 1. The second kappa shape index (κ2) is 11.6. The van der Waals surface area contributed by atoms with Gasteiger partial charge in [-0.3, -0.25) is 9.45 Å². The second-order valence-electron chi connectivity index (χ2n) is 5.03. The number of rotatable bonds is 13. The fourth-order valence-corrected chi connectivity index (χ4v) is 2.80. The Morgan fingerprint density at radius 2 is 1.42 bits per heavy atom. The quantitative estimate of drug-likeness (QED) is 0.402. The van der Waals surface area contributed by atoms with Crippen molar-refractivity contribution in [3.63, 3.8) is 0 Å². The third kappa shape index (κ3) is 14.1. The SMILES string of the molecule is CCCCCCCCCCN(CCO)CS(=O)(=O)O. The number of aliphatic hydroxyl groups excluding tert-OH is 1.